The van der Waals surface area contributed by atoms with Crippen molar-refractivity contribution in [1.29, 1.82) is 0 Å². The molecule has 0 radical (unpaired) electrons. The first kappa shape index (κ1) is 15.0. The van der Waals surface area contributed by atoms with E-state index in [1.165, 1.54) is 7.05 Å². The molecule has 1 atom stereocenters. The fraction of sp³-hybridized carbons (Fsp3) is 0.545. The van der Waals surface area contributed by atoms with Gasteiger partial charge in [-0.25, -0.2) is 14.4 Å². The normalized spacial score (nSPS) is 18.8. The van der Waals surface area contributed by atoms with Gasteiger partial charge < -0.3 is 19.0 Å². The second kappa shape index (κ2) is 6.19. The van der Waals surface area contributed by atoms with Crippen molar-refractivity contribution in [2.24, 2.45) is 0 Å². The number of carbonyl (C=O) groups is 3. The van der Waals surface area contributed by atoms with Gasteiger partial charge in [-0.2, -0.15) is 0 Å². The van der Waals surface area contributed by atoms with Crippen molar-refractivity contribution in [3.63, 3.8) is 0 Å². The van der Waals surface area contributed by atoms with Gasteiger partial charge in [0, 0.05) is 7.05 Å². The molecule has 0 aliphatic carbocycles. The van der Waals surface area contributed by atoms with Gasteiger partial charge in [0.15, 0.2) is 6.04 Å². The minimum Gasteiger partial charge on any atom is -0.465 e. The zero-order valence-corrected chi connectivity index (χ0v) is 11.1. The number of carbonyl (C=O) groups excluding carboxylic acids is 3. The lowest BCUT2D eigenvalue weighted by molar-refractivity contribution is -0.168. The van der Waals surface area contributed by atoms with Crippen LogP contribution in [0.5, 0.6) is 0 Å². The highest BCUT2D eigenvalue weighted by Gasteiger charge is 2.46. The summed E-state index contributed by atoms with van der Waals surface area (Å²) < 4.78 is 13.9. The Hall–Kier alpha value is -2.09. The van der Waals surface area contributed by atoms with Crippen molar-refractivity contribution in [2.75, 3.05) is 27.9 Å². The molecule has 0 bridgehead atoms. The van der Waals surface area contributed by atoms with Crippen molar-refractivity contribution < 1.29 is 33.4 Å². The lowest BCUT2D eigenvalue weighted by atomic mass is 10.1. The molecule has 1 aliphatic heterocycles. The van der Waals surface area contributed by atoms with Gasteiger partial charge in [0.25, 0.3) is 0 Å². The van der Waals surface area contributed by atoms with E-state index in [0.717, 1.165) is 19.3 Å². The minimum atomic E-state index is -1.17. The molecule has 0 N–H and O–H groups in total. The summed E-state index contributed by atoms with van der Waals surface area (Å²) in [5.41, 5.74) is -0.240. The average Bonchev–Trinajstić information content (AvgIpc) is 2.74. The van der Waals surface area contributed by atoms with Crippen LogP contribution in [0.2, 0.25) is 0 Å². The van der Waals surface area contributed by atoms with Crippen molar-refractivity contribution in [1.82, 2.24) is 5.06 Å². The first-order chi connectivity index (χ1) is 8.97. The van der Waals surface area contributed by atoms with Gasteiger partial charge in [-0.05, 0) is 6.92 Å². The Labute approximate surface area is 109 Å². The number of hydroxylamine groups is 2. The molecule has 1 unspecified atom stereocenters. The topological polar surface area (TPSA) is 91.4 Å². The van der Waals surface area contributed by atoms with Crippen LogP contribution in [0.25, 0.3) is 0 Å². The molecule has 106 valence electrons. The van der Waals surface area contributed by atoms with Crippen LogP contribution in [0, 0.1) is 0 Å². The van der Waals surface area contributed by atoms with E-state index in [-0.39, 0.29) is 17.9 Å². The van der Waals surface area contributed by atoms with Crippen molar-refractivity contribution in [3.05, 3.63) is 11.3 Å². The largest absolute Gasteiger partial charge is 0.465 e. The maximum Gasteiger partial charge on any atom is 0.376 e. The summed E-state index contributed by atoms with van der Waals surface area (Å²) in [6.07, 6.45) is 0. The molecule has 0 spiro atoms. The van der Waals surface area contributed by atoms with Gasteiger partial charge >= 0.3 is 17.9 Å². The molecule has 0 aromatic rings. The number of rotatable bonds is 4. The van der Waals surface area contributed by atoms with E-state index in [4.69, 9.17) is 9.57 Å². The van der Waals surface area contributed by atoms with Crippen LogP contribution >= 0.6 is 0 Å². The molecule has 0 aromatic carbocycles. The number of esters is 3. The molecular formula is C11H15NO7. The third-order valence-corrected chi connectivity index (χ3v) is 2.40. The minimum absolute atomic E-state index is 0.130. The molecule has 1 heterocycles. The Kier molecular flexibility index (Phi) is 4.87. The molecule has 0 saturated carbocycles. The second-order valence-electron chi connectivity index (χ2n) is 3.52. The molecule has 8 heteroatoms. The van der Waals surface area contributed by atoms with E-state index in [2.05, 4.69) is 9.47 Å². The molecule has 19 heavy (non-hydrogen) atoms. The van der Waals surface area contributed by atoms with E-state index >= 15 is 0 Å². The number of methoxy groups -OCH3 is 2. The zero-order valence-electron chi connectivity index (χ0n) is 11.1. The number of hydrogen-bond acceptors (Lipinski definition) is 8. The first-order valence-electron chi connectivity index (χ1n) is 5.46. The third kappa shape index (κ3) is 2.84. The fourth-order valence-corrected chi connectivity index (χ4v) is 1.59. The smallest absolute Gasteiger partial charge is 0.376 e. The quantitative estimate of drug-likeness (QED) is 0.495. The highest BCUT2D eigenvalue weighted by atomic mass is 16.7. The Morgan fingerprint density at radius 1 is 1.21 bits per heavy atom. The van der Waals surface area contributed by atoms with Crippen molar-refractivity contribution in [3.8, 4) is 0 Å². The van der Waals surface area contributed by atoms with E-state index in [1.807, 2.05) is 0 Å². The number of hydrogen-bond donors (Lipinski definition) is 0. The zero-order chi connectivity index (χ0) is 14.6. The summed E-state index contributed by atoms with van der Waals surface area (Å²) in [7, 11) is 3.65. The Morgan fingerprint density at radius 3 is 2.26 bits per heavy atom. The van der Waals surface area contributed by atoms with E-state index in [9.17, 15) is 14.4 Å². The predicted octanol–water partition coefficient (Wildman–Crippen LogP) is -0.605. The van der Waals surface area contributed by atoms with Crippen LogP contribution in [-0.2, 0) is 33.4 Å². The summed E-state index contributed by atoms with van der Waals surface area (Å²) in [6, 6.07) is -1.17. The third-order valence-electron chi connectivity index (χ3n) is 2.40. The van der Waals surface area contributed by atoms with Gasteiger partial charge in [-0.1, -0.05) is 0 Å². The molecule has 8 nitrogen and oxygen atoms in total. The maximum absolute atomic E-state index is 11.8. The summed E-state index contributed by atoms with van der Waals surface area (Å²) in [4.78, 5) is 40.1. The standard InChI is InChI=1S/C11H15NO7/c1-5-18-10(14)7-6(9(13)16-3)8(11(15)17-4)19-12(7)2/h7H,5H2,1-4H3. The maximum atomic E-state index is 11.8. The average molecular weight is 273 g/mol. The lowest BCUT2D eigenvalue weighted by Gasteiger charge is -2.17. The number of likely N-dealkylation sites (N-methyl/N-ethyl adjacent to an activating group) is 1. The molecule has 1 rings (SSSR count). The Morgan fingerprint density at radius 2 is 1.79 bits per heavy atom. The molecule has 0 saturated heterocycles. The van der Waals surface area contributed by atoms with Crippen LogP contribution in [0.3, 0.4) is 0 Å². The Balaban J connectivity index is 3.21. The molecule has 0 aromatic heterocycles. The van der Waals surface area contributed by atoms with Crippen LogP contribution in [-0.4, -0.2) is 56.9 Å². The molecule has 0 amide bonds. The van der Waals surface area contributed by atoms with Crippen LogP contribution < -0.4 is 0 Å². The van der Waals surface area contributed by atoms with Gasteiger partial charge in [-0.3, -0.25) is 0 Å². The lowest BCUT2D eigenvalue weighted by Crippen LogP contribution is -2.38. The highest BCUT2D eigenvalue weighted by molar-refractivity contribution is 6.05. The fourth-order valence-electron chi connectivity index (χ4n) is 1.59. The van der Waals surface area contributed by atoms with E-state index in [0.29, 0.717) is 0 Å². The van der Waals surface area contributed by atoms with Gasteiger partial charge in [-0.15, -0.1) is 5.06 Å². The van der Waals surface area contributed by atoms with Gasteiger partial charge in [0.2, 0.25) is 5.76 Å². The van der Waals surface area contributed by atoms with Crippen molar-refractivity contribution >= 4 is 17.9 Å². The molecular weight excluding hydrogens is 258 g/mol. The summed E-state index contributed by atoms with van der Waals surface area (Å²) in [5.74, 6) is -2.83. The van der Waals surface area contributed by atoms with Gasteiger partial charge in [0.05, 0.1) is 20.8 Å². The van der Waals surface area contributed by atoms with Gasteiger partial charge in [0.1, 0.15) is 5.57 Å². The van der Waals surface area contributed by atoms with Crippen LogP contribution in [0.15, 0.2) is 11.3 Å². The molecule has 1 aliphatic rings. The highest BCUT2D eigenvalue weighted by Crippen LogP contribution is 2.27. The second-order valence-corrected chi connectivity index (χ2v) is 3.52. The predicted molar refractivity (Wildman–Crippen MR) is 60.3 cm³/mol. The van der Waals surface area contributed by atoms with Crippen LogP contribution in [0.1, 0.15) is 6.92 Å². The summed E-state index contributed by atoms with van der Waals surface area (Å²) >= 11 is 0. The number of nitrogens with zero attached hydrogens (tertiary/aromatic N) is 1. The van der Waals surface area contributed by atoms with Crippen LogP contribution in [0.4, 0.5) is 0 Å². The Bertz CT molecular complexity index is 429. The number of ether oxygens (including phenoxy) is 3. The summed E-state index contributed by atoms with van der Waals surface area (Å²) in [6.45, 7) is 1.75. The van der Waals surface area contributed by atoms with Crippen molar-refractivity contribution in [2.45, 2.75) is 13.0 Å². The summed E-state index contributed by atoms with van der Waals surface area (Å²) in [5, 5.41) is 1.04. The van der Waals surface area contributed by atoms with E-state index in [1.54, 1.807) is 6.92 Å². The van der Waals surface area contributed by atoms with E-state index < -0.39 is 23.9 Å². The molecule has 0 fully saturated rings. The monoisotopic (exact) mass is 273 g/mol. The SMILES string of the molecule is CCOC(=O)C1C(C(=O)OC)=C(C(=O)OC)ON1C. The first-order valence-corrected chi connectivity index (χ1v) is 5.46.